The Kier molecular flexibility index (Phi) is 3.23. The van der Waals surface area contributed by atoms with Gasteiger partial charge in [-0.3, -0.25) is 0 Å². The van der Waals surface area contributed by atoms with Gasteiger partial charge in [0.15, 0.2) is 4.90 Å². The molecule has 0 nitrogen and oxygen atoms in total. The van der Waals surface area contributed by atoms with Gasteiger partial charge in [0.05, 0.1) is 0 Å². The number of benzene rings is 1. The normalized spacial score (nSPS) is 18.8. The lowest BCUT2D eigenvalue weighted by atomic mass is 10.2. The monoisotopic (exact) mass is 211 g/mol. The highest BCUT2D eigenvalue weighted by atomic mass is 32.2. The minimum Gasteiger partial charge on any atom is -0.152 e. The van der Waals surface area contributed by atoms with Crippen LogP contribution in [0.15, 0.2) is 29.2 Å². The van der Waals surface area contributed by atoms with Crippen molar-refractivity contribution in [3.05, 3.63) is 29.8 Å². The molecular formula is C11H15S2+. The van der Waals surface area contributed by atoms with E-state index < -0.39 is 0 Å². The number of thioether (sulfide) groups is 1. The summed E-state index contributed by atoms with van der Waals surface area (Å²) in [5.41, 5.74) is 1.48. The van der Waals surface area contributed by atoms with Gasteiger partial charge in [-0.05, 0) is 13.0 Å². The zero-order valence-electron chi connectivity index (χ0n) is 7.95. The van der Waals surface area contributed by atoms with Crippen molar-refractivity contribution in [2.75, 3.05) is 23.0 Å². The maximum Gasteiger partial charge on any atom is 0.157 e. The molecule has 1 aliphatic heterocycles. The number of hydrogen-bond donors (Lipinski definition) is 0. The van der Waals surface area contributed by atoms with E-state index >= 15 is 0 Å². The molecular weight excluding hydrogens is 196 g/mol. The third-order valence-electron chi connectivity index (χ3n) is 2.35. The number of rotatable bonds is 1. The number of hydrogen-bond acceptors (Lipinski definition) is 1. The van der Waals surface area contributed by atoms with Crippen LogP contribution >= 0.6 is 11.8 Å². The lowest BCUT2D eigenvalue weighted by Gasteiger charge is -2.14. The van der Waals surface area contributed by atoms with E-state index in [-0.39, 0.29) is 0 Å². The molecule has 1 aromatic carbocycles. The first kappa shape index (κ1) is 9.47. The molecule has 13 heavy (non-hydrogen) atoms. The van der Waals surface area contributed by atoms with Crippen molar-refractivity contribution in [2.24, 2.45) is 0 Å². The average molecular weight is 211 g/mol. The van der Waals surface area contributed by atoms with Crippen LogP contribution in [0.1, 0.15) is 5.56 Å². The van der Waals surface area contributed by atoms with Crippen LogP contribution in [0.25, 0.3) is 0 Å². The molecule has 70 valence electrons. The van der Waals surface area contributed by atoms with Crippen LogP contribution < -0.4 is 0 Å². The van der Waals surface area contributed by atoms with Gasteiger partial charge in [-0.25, -0.2) is 0 Å². The Hall–Kier alpha value is -0.0800. The SMILES string of the molecule is Cc1ccccc1[S+]1CCSCC1. The summed E-state index contributed by atoms with van der Waals surface area (Å²) in [5.74, 6) is 5.51. The maximum absolute atomic E-state index is 2.31. The molecule has 0 radical (unpaired) electrons. The largest absolute Gasteiger partial charge is 0.157 e. The van der Waals surface area contributed by atoms with E-state index in [9.17, 15) is 0 Å². The topological polar surface area (TPSA) is 0 Å². The molecule has 0 N–H and O–H groups in total. The fourth-order valence-electron chi connectivity index (χ4n) is 1.62. The molecule has 0 bridgehead atoms. The van der Waals surface area contributed by atoms with Crippen LogP contribution in [-0.2, 0) is 10.9 Å². The summed E-state index contributed by atoms with van der Waals surface area (Å²) in [4.78, 5) is 1.61. The highest BCUT2D eigenvalue weighted by Gasteiger charge is 2.25. The van der Waals surface area contributed by atoms with Gasteiger partial charge in [-0.2, -0.15) is 11.8 Å². The van der Waals surface area contributed by atoms with Crippen LogP contribution in [0.3, 0.4) is 0 Å². The second kappa shape index (κ2) is 4.43. The lowest BCUT2D eigenvalue weighted by molar-refractivity contribution is 1.26. The van der Waals surface area contributed by atoms with Crippen LogP contribution in [-0.4, -0.2) is 23.0 Å². The van der Waals surface area contributed by atoms with Gasteiger partial charge in [-0.15, -0.1) is 0 Å². The average Bonchev–Trinajstić information content (AvgIpc) is 2.20. The van der Waals surface area contributed by atoms with E-state index in [1.54, 1.807) is 4.90 Å². The fourth-order valence-corrected chi connectivity index (χ4v) is 5.82. The van der Waals surface area contributed by atoms with Gasteiger partial charge in [0.2, 0.25) is 0 Å². The molecule has 1 saturated heterocycles. The molecule has 0 spiro atoms. The minimum absolute atomic E-state index is 0.560. The molecule has 2 heteroatoms. The van der Waals surface area contributed by atoms with Gasteiger partial charge in [0, 0.05) is 28.0 Å². The Bertz CT molecular complexity index is 277. The molecule has 0 saturated carbocycles. The van der Waals surface area contributed by atoms with E-state index in [1.807, 2.05) is 0 Å². The Morgan fingerprint density at radius 3 is 2.54 bits per heavy atom. The quantitative estimate of drug-likeness (QED) is 0.644. The summed E-state index contributed by atoms with van der Waals surface area (Å²) in [6.07, 6.45) is 0. The lowest BCUT2D eigenvalue weighted by Crippen LogP contribution is -2.21. The molecule has 1 fully saturated rings. The Labute approximate surface area is 87.5 Å². The van der Waals surface area contributed by atoms with Gasteiger partial charge in [0.1, 0.15) is 11.5 Å². The molecule has 0 atom stereocenters. The zero-order chi connectivity index (χ0) is 9.10. The van der Waals surface area contributed by atoms with Crippen molar-refractivity contribution in [3.63, 3.8) is 0 Å². The summed E-state index contributed by atoms with van der Waals surface area (Å²) < 4.78 is 0. The first-order valence-electron chi connectivity index (χ1n) is 4.69. The van der Waals surface area contributed by atoms with E-state index in [0.717, 1.165) is 0 Å². The van der Waals surface area contributed by atoms with Gasteiger partial charge >= 0.3 is 0 Å². The molecule has 0 amide bonds. The minimum atomic E-state index is 0.560. The smallest absolute Gasteiger partial charge is 0.152 e. The summed E-state index contributed by atoms with van der Waals surface area (Å²) in [5, 5.41) is 0. The van der Waals surface area contributed by atoms with Crippen molar-refractivity contribution in [2.45, 2.75) is 11.8 Å². The molecule has 1 heterocycles. The van der Waals surface area contributed by atoms with Gasteiger partial charge in [-0.1, -0.05) is 18.2 Å². The second-order valence-electron chi connectivity index (χ2n) is 3.28. The van der Waals surface area contributed by atoms with Crippen molar-refractivity contribution < 1.29 is 0 Å². The van der Waals surface area contributed by atoms with Crippen LogP contribution in [0.4, 0.5) is 0 Å². The molecule has 0 unspecified atom stereocenters. The Morgan fingerprint density at radius 2 is 1.85 bits per heavy atom. The molecule has 1 aliphatic rings. The van der Waals surface area contributed by atoms with E-state index in [0.29, 0.717) is 10.9 Å². The van der Waals surface area contributed by atoms with Crippen LogP contribution in [0.5, 0.6) is 0 Å². The standard InChI is InChI=1S/C11H15S2/c1-10-4-2-3-5-11(10)13-8-6-12-7-9-13/h2-5H,6-9H2,1H3/q+1. The van der Waals surface area contributed by atoms with E-state index in [1.165, 1.54) is 28.6 Å². The van der Waals surface area contributed by atoms with Crippen molar-refractivity contribution in [1.82, 2.24) is 0 Å². The highest BCUT2D eigenvalue weighted by Crippen LogP contribution is 2.23. The number of aryl methyl sites for hydroxylation is 1. The third kappa shape index (κ3) is 2.23. The summed E-state index contributed by atoms with van der Waals surface area (Å²) in [6.45, 7) is 2.24. The maximum atomic E-state index is 2.31. The van der Waals surface area contributed by atoms with Crippen molar-refractivity contribution in [3.8, 4) is 0 Å². The predicted molar refractivity (Wildman–Crippen MR) is 63.9 cm³/mol. The van der Waals surface area contributed by atoms with E-state index in [4.69, 9.17) is 0 Å². The van der Waals surface area contributed by atoms with Crippen molar-refractivity contribution in [1.29, 1.82) is 0 Å². The predicted octanol–water partition coefficient (Wildman–Crippen LogP) is 2.72. The summed E-state index contributed by atoms with van der Waals surface area (Å²) >= 11 is 2.11. The molecule has 2 rings (SSSR count). The molecule has 0 aromatic heterocycles. The first-order valence-corrected chi connectivity index (χ1v) is 7.40. The summed E-state index contributed by atoms with van der Waals surface area (Å²) in [6, 6.07) is 8.87. The highest BCUT2D eigenvalue weighted by molar-refractivity contribution is 8.05. The van der Waals surface area contributed by atoms with Gasteiger partial charge in [0.25, 0.3) is 0 Å². The Balaban J connectivity index is 2.18. The molecule has 0 aliphatic carbocycles. The Morgan fingerprint density at radius 1 is 1.15 bits per heavy atom. The van der Waals surface area contributed by atoms with Crippen LogP contribution in [0, 0.1) is 6.92 Å². The fraction of sp³-hybridized carbons (Fsp3) is 0.455. The van der Waals surface area contributed by atoms with Crippen molar-refractivity contribution >= 4 is 22.7 Å². The van der Waals surface area contributed by atoms with E-state index in [2.05, 4.69) is 43.0 Å². The summed E-state index contributed by atoms with van der Waals surface area (Å²) in [7, 11) is 0.560. The zero-order valence-corrected chi connectivity index (χ0v) is 9.59. The third-order valence-corrected chi connectivity index (χ3v) is 6.33. The first-order chi connectivity index (χ1) is 6.38. The van der Waals surface area contributed by atoms with Gasteiger partial charge < -0.3 is 0 Å². The second-order valence-corrected chi connectivity index (χ2v) is 6.75. The molecule has 1 aromatic rings. The van der Waals surface area contributed by atoms with Crippen LogP contribution in [0.2, 0.25) is 0 Å².